The quantitative estimate of drug-likeness (QED) is 0.801. The molecule has 1 heterocycles. The van der Waals surface area contributed by atoms with Gasteiger partial charge in [-0.1, -0.05) is 0 Å². The van der Waals surface area contributed by atoms with Gasteiger partial charge in [-0.2, -0.15) is 0 Å². The van der Waals surface area contributed by atoms with Gasteiger partial charge in [0.15, 0.2) is 11.5 Å². The number of benzene rings is 1. The maximum absolute atomic E-state index is 12.3. The normalized spacial score (nSPS) is 20.4. The zero-order valence-corrected chi connectivity index (χ0v) is 16.9. The first kappa shape index (κ1) is 20.4. The highest BCUT2D eigenvalue weighted by molar-refractivity contribution is 5.79. The average molecular weight is 365 g/mol. The average Bonchev–Trinajstić information content (AvgIpc) is 2.59. The minimum Gasteiger partial charge on any atom is -0.493 e. The van der Waals surface area contributed by atoms with Crippen molar-refractivity contribution in [3.63, 3.8) is 0 Å². The van der Waals surface area contributed by atoms with E-state index in [1.165, 1.54) is 4.90 Å². The van der Waals surface area contributed by atoms with Gasteiger partial charge in [-0.15, -0.1) is 0 Å². The van der Waals surface area contributed by atoms with Crippen LogP contribution in [0.15, 0.2) is 12.1 Å². The topological polar surface area (TPSA) is 61.2 Å². The van der Waals surface area contributed by atoms with Gasteiger partial charge in [0.25, 0.3) is 0 Å². The predicted octanol–water partition coefficient (Wildman–Crippen LogP) is 1.42. The fraction of sp³-hybridized carbons (Fsp3) is 0.650. The van der Waals surface area contributed by atoms with Gasteiger partial charge in [-0.05, 0) is 32.9 Å². The minimum absolute atomic E-state index is 0.123. The van der Waals surface area contributed by atoms with Crippen molar-refractivity contribution in [3.05, 3.63) is 17.7 Å². The molecule has 1 aliphatic rings. The van der Waals surface area contributed by atoms with E-state index in [0.29, 0.717) is 17.2 Å². The van der Waals surface area contributed by atoms with Gasteiger partial charge < -0.3 is 24.4 Å². The van der Waals surface area contributed by atoms with E-state index in [-0.39, 0.29) is 17.4 Å². The third kappa shape index (κ3) is 5.27. The first-order chi connectivity index (χ1) is 12.3. The summed E-state index contributed by atoms with van der Waals surface area (Å²) in [6.07, 6.45) is 1.84. The number of carbonyl (C=O) groups excluding carboxylic acids is 1. The molecule has 6 nitrogen and oxygen atoms in total. The van der Waals surface area contributed by atoms with Crippen LogP contribution in [0.4, 0.5) is 0 Å². The lowest BCUT2D eigenvalue weighted by Gasteiger charge is -2.31. The summed E-state index contributed by atoms with van der Waals surface area (Å²) in [4.78, 5) is 13.8. The smallest absolute Gasteiger partial charge is 0.223 e. The summed E-state index contributed by atoms with van der Waals surface area (Å²) in [7, 11) is 4.87. The van der Waals surface area contributed by atoms with E-state index in [2.05, 4.69) is 5.32 Å². The van der Waals surface area contributed by atoms with Crippen LogP contribution in [-0.4, -0.2) is 45.9 Å². The Morgan fingerprint density at radius 1 is 1.08 bits per heavy atom. The molecule has 0 aliphatic carbocycles. The lowest BCUT2D eigenvalue weighted by Crippen LogP contribution is -3.11. The second-order valence-corrected chi connectivity index (χ2v) is 7.97. The van der Waals surface area contributed by atoms with Crippen molar-refractivity contribution in [2.75, 3.05) is 34.4 Å². The van der Waals surface area contributed by atoms with E-state index in [1.807, 2.05) is 32.9 Å². The van der Waals surface area contributed by atoms with Gasteiger partial charge in [-0.3, -0.25) is 4.79 Å². The molecule has 1 aliphatic heterocycles. The van der Waals surface area contributed by atoms with Crippen LogP contribution in [-0.2, 0) is 11.3 Å². The summed E-state index contributed by atoms with van der Waals surface area (Å²) in [5.41, 5.74) is 0.976. The molecular weight excluding hydrogens is 332 g/mol. The van der Waals surface area contributed by atoms with Crippen molar-refractivity contribution in [1.82, 2.24) is 5.32 Å². The van der Waals surface area contributed by atoms with Crippen LogP contribution < -0.4 is 24.4 Å². The van der Waals surface area contributed by atoms with Gasteiger partial charge in [0.1, 0.15) is 6.54 Å². The molecule has 0 spiro atoms. The van der Waals surface area contributed by atoms with Crippen molar-refractivity contribution in [2.24, 2.45) is 5.92 Å². The van der Waals surface area contributed by atoms with Gasteiger partial charge in [0, 0.05) is 29.9 Å². The molecule has 0 atom stereocenters. The van der Waals surface area contributed by atoms with Crippen LogP contribution in [0.2, 0.25) is 0 Å². The summed E-state index contributed by atoms with van der Waals surface area (Å²) >= 11 is 0. The van der Waals surface area contributed by atoms with Crippen molar-refractivity contribution in [2.45, 2.75) is 45.7 Å². The summed E-state index contributed by atoms with van der Waals surface area (Å²) in [5.74, 6) is 2.29. The number of methoxy groups -OCH3 is 3. The predicted molar refractivity (Wildman–Crippen MR) is 101 cm³/mol. The van der Waals surface area contributed by atoms with Crippen LogP contribution in [0, 0.1) is 5.92 Å². The van der Waals surface area contributed by atoms with Crippen LogP contribution in [0.1, 0.15) is 39.2 Å². The largest absolute Gasteiger partial charge is 0.493 e. The highest BCUT2D eigenvalue weighted by Gasteiger charge is 2.29. The number of likely N-dealkylation sites (tertiary alicyclic amines) is 1. The number of nitrogens with one attached hydrogen (secondary N) is 2. The Morgan fingerprint density at radius 3 is 2.04 bits per heavy atom. The van der Waals surface area contributed by atoms with E-state index in [1.54, 1.807) is 21.3 Å². The molecule has 2 rings (SSSR count). The Morgan fingerprint density at radius 2 is 1.62 bits per heavy atom. The molecule has 1 saturated heterocycles. The van der Waals surface area contributed by atoms with Gasteiger partial charge >= 0.3 is 0 Å². The number of ether oxygens (including phenoxy) is 3. The number of hydrogen-bond acceptors (Lipinski definition) is 4. The van der Waals surface area contributed by atoms with Crippen molar-refractivity contribution in [3.8, 4) is 17.2 Å². The third-order valence-corrected chi connectivity index (χ3v) is 4.74. The Balaban J connectivity index is 1.98. The molecule has 26 heavy (non-hydrogen) atoms. The van der Waals surface area contributed by atoms with Crippen LogP contribution in [0.25, 0.3) is 0 Å². The van der Waals surface area contributed by atoms with Crippen LogP contribution in [0.3, 0.4) is 0 Å². The molecule has 1 aromatic rings. The van der Waals surface area contributed by atoms with Crippen molar-refractivity contribution in [1.29, 1.82) is 0 Å². The third-order valence-electron chi connectivity index (χ3n) is 4.74. The summed E-state index contributed by atoms with van der Waals surface area (Å²) in [6.45, 7) is 8.92. The second kappa shape index (κ2) is 8.62. The van der Waals surface area contributed by atoms with E-state index in [0.717, 1.165) is 38.0 Å². The number of piperidine rings is 1. The zero-order valence-electron chi connectivity index (χ0n) is 16.9. The standard InChI is InChI=1S/C20H32N2O4/c1-20(2,3)21-19(23)15-7-9-22(10-8-15)13-14-11-16(24-4)18(26-6)17(12-14)25-5/h11-12,15H,7-10,13H2,1-6H3,(H,21,23)/p+1. The maximum Gasteiger partial charge on any atom is 0.223 e. The first-order valence-corrected chi connectivity index (χ1v) is 9.22. The molecule has 2 N–H and O–H groups in total. The van der Waals surface area contributed by atoms with Gasteiger partial charge in [0.05, 0.1) is 34.4 Å². The fourth-order valence-electron chi connectivity index (χ4n) is 3.46. The van der Waals surface area contributed by atoms with Crippen LogP contribution >= 0.6 is 0 Å². The molecule has 1 amide bonds. The monoisotopic (exact) mass is 365 g/mol. The highest BCUT2D eigenvalue weighted by Crippen LogP contribution is 2.38. The number of rotatable bonds is 6. The molecule has 0 radical (unpaired) electrons. The molecule has 1 fully saturated rings. The first-order valence-electron chi connectivity index (χ1n) is 9.22. The van der Waals surface area contributed by atoms with E-state index in [4.69, 9.17) is 14.2 Å². The molecule has 0 saturated carbocycles. The van der Waals surface area contributed by atoms with Gasteiger partial charge in [0.2, 0.25) is 11.7 Å². The van der Waals surface area contributed by atoms with Crippen LogP contribution in [0.5, 0.6) is 17.2 Å². The van der Waals surface area contributed by atoms with E-state index < -0.39 is 0 Å². The lowest BCUT2D eigenvalue weighted by molar-refractivity contribution is -0.919. The summed E-state index contributed by atoms with van der Waals surface area (Å²) in [5, 5.41) is 3.10. The summed E-state index contributed by atoms with van der Waals surface area (Å²) in [6, 6.07) is 4.01. The van der Waals surface area contributed by atoms with Crippen molar-refractivity contribution >= 4 is 5.91 Å². The second-order valence-electron chi connectivity index (χ2n) is 7.97. The molecular formula is C20H33N2O4+. The molecule has 6 heteroatoms. The number of carbonyl (C=O) groups is 1. The molecule has 0 unspecified atom stereocenters. The Hall–Kier alpha value is -1.95. The molecule has 0 aromatic heterocycles. The maximum atomic E-state index is 12.3. The number of hydrogen-bond donors (Lipinski definition) is 2. The zero-order chi connectivity index (χ0) is 19.3. The molecule has 146 valence electrons. The minimum atomic E-state index is -0.169. The fourth-order valence-corrected chi connectivity index (χ4v) is 3.46. The Labute approximate surface area is 156 Å². The Bertz CT molecular complexity index is 592. The van der Waals surface area contributed by atoms with E-state index >= 15 is 0 Å². The number of amides is 1. The van der Waals surface area contributed by atoms with Gasteiger partial charge in [-0.25, -0.2) is 0 Å². The molecule has 0 bridgehead atoms. The number of quaternary nitrogens is 1. The molecule has 1 aromatic carbocycles. The SMILES string of the molecule is COc1cc(C[NH+]2CCC(C(=O)NC(C)(C)C)CC2)cc(OC)c1OC. The van der Waals surface area contributed by atoms with E-state index in [9.17, 15) is 4.79 Å². The highest BCUT2D eigenvalue weighted by atomic mass is 16.5. The summed E-state index contributed by atoms with van der Waals surface area (Å²) < 4.78 is 16.3. The van der Waals surface area contributed by atoms with Crippen molar-refractivity contribution < 1.29 is 23.9 Å². The lowest BCUT2D eigenvalue weighted by atomic mass is 9.94. The Kier molecular flexibility index (Phi) is 6.75.